The molecule has 0 spiro atoms. The van der Waals surface area contributed by atoms with E-state index in [9.17, 15) is 9.59 Å². The fourth-order valence-electron chi connectivity index (χ4n) is 4.03. The number of thioether (sulfide) groups is 1. The van der Waals surface area contributed by atoms with Crippen LogP contribution in [-0.4, -0.2) is 54.7 Å². The summed E-state index contributed by atoms with van der Waals surface area (Å²) in [7, 11) is 1.69. The Morgan fingerprint density at radius 1 is 1.25 bits per heavy atom. The lowest BCUT2D eigenvalue weighted by atomic mass is 10.0. The molecule has 2 unspecified atom stereocenters. The van der Waals surface area contributed by atoms with Crippen molar-refractivity contribution in [3.05, 3.63) is 53.3 Å². The Balaban J connectivity index is 1.60. The number of aryl methyl sites for hydroxylation is 1. The van der Waals surface area contributed by atoms with Crippen LogP contribution in [0.4, 0.5) is 10.5 Å². The predicted molar refractivity (Wildman–Crippen MR) is 121 cm³/mol. The summed E-state index contributed by atoms with van der Waals surface area (Å²) in [5.41, 5.74) is 2.13. The van der Waals surface area contributed by atoms with Crippen LogP contribution in [-0.2, 0) is 11.8 Å². The van der Waals surface area contributed by atoms with Crippen molar-refractivity contribution in [3.63, 3.8) is 0 Å². The highest BCUT2D eigenvalue weighted by atomic mass is 35.5. The molecular formula is C21H16ClN7O2S. The normalized spacial score (nSPS) is 20.5. The summed E-state index contributed by atoms with van der Waals surface area (Å²) < 4.78 is 1.51. The van der Waals surface area contributed by atoms with Crippen LogP contribution < -0.4 is 4.90 Å². The lowest BCUT2D eigenvalue weighted by molar-refractivity contribution is -0.119. The second kappa shape index (κ2) is 7.93. The summed E-state index contributed by atoms with van der Waals surface area (Å²) in [5.74, 6) is -0.355. The highest BCUT2D eigenvalue weighted by molar-refractivity contribution is 8.09. The van der Waals surface area contributed by atoms with E-state index in [2.05, 4.69) is 21.4 Å². The van der Waals surface area contributed by atoms with Crippen molar-refractivity contribution in [2.45, 2.75) is 17.7 Å². The third-order valence-corrected chi connectivity index (χ3v) is 7.15. The van der Waals surface area contributed by atoms with Crippen LogP contribution in [0.5, 0.6) is 0 Å². The molecule has 5 rings (SSSR count). The molecule has 11 heteroatoms. The van der Waals surface area contributed by atoms with Gasteiger partial charge >= 0.3 is 6.03 Å². The number of urea groups is 1. The first-order valence-electron chi connectivity index (χ1n) is 9.79. The summed E-state index contributed by atoms with van der Waals surface area (Å²) in [4.78, 5) is 34.8. The van der Waals surface area contributed by atoms with Crippen LogP contribution >= 0.6 is 23.4 Å². The minimum atomic E-state index is -0.575. The van der Waals surface area contributed by atoms with Crippen molar-refractivity contribution >= 4 is 56.9 Å². The summed E-state index contributed by atoms with van der Waals surface area (Å²) in [6.07, 6.45) is 5.03. The van der Waals surface area contributed by atoms with Crippen molar-refractivity contribution in [2.24, 2.45) is 7.05 Å². The summed E-state index contributed by atoms with van der Waals surface area (Å²) >= 11 is 7.75. The van der Waals surface area contributed by atoms with Crippen LogP contribution in [0, 0.1) is 11.3 Å². The van der Waals surface area contributed by atoms with Gasteiger partial charge in [-0.2, -0.15) is 5.26 Å². The molecule has 0 aliphatic carbocycles. The summed E-state index contributed by atoms with van der Waals surface area (Å²) in [5, 5.41) is 17.2. The van der Waals surface area contributed by atoms with Crippen molar-refractivity contribution in [1.82, 2.24) is 24.9 Å². The highest BCUT2D eigenvalue weighted by Crippen LogP contribution is 2.46. The minimum absolute atomic E-state index is 0.145. The number of carbonyl (C=O) groups excluding carboxylic acids is 2. The summed E-state index contributed by atoms with van der Waals surface area (Å²) in [6.45, 7) is 0.195. The second-order valence-corrected chi connectivity index (χ2v) is 8.93. The van der Waals surface area contributed by atoms with Crippen LogP contribution in [0.15, 0.2) is 42.7 Å². The number of hydrogen-bond acceptors (Lipinski definition) is 7. The lowest BCUT2D eigenvalue weighted by Gasteiger charge is -2.40. The van der Waals surface area contributed by atoms with Crippen molar-refractivity contribution in [1.29, 1.82) is 5.26 Å². The van der Waals surface area contributed by atoms with E-state index in [1.165, 1.54) is 28.8 Å². The van der Waals surface area contributed by atoms with E-state index in [1.807, 2.05) is 24.3 Å². The van der Waals surface area contributed by atoms with E-state index < -0.39 is 17.3 Å². The number of hydrogen-bond donors (Lipinski definition) is 0. The molecule has 2 aliphatic rings. The van der Waals surface area contributed by atoms with Crippen LogP contribution in [0.1, 0.15) is 12.0 Å². The Bertz CT molecular complexity index is 1330. The van der Waals surface area contributed by atoms with Gasteiger partial charge in [-0.25, -0.2) is 14.4 Å². The van der Waals surface area contributed by atoms with E-state index in [-0.39, 0.29) is 18.9 Å². The molecule has 2 aliphatic heterocycles. The maximum atomic E-state index is 13.6. The molecule has 160 valence electrons. The Labute approximate surface area is 192 Å². The van der Waals surface area contributed by atoms with Gasteiger partial charge in [-0.3, -0.25) is 9.78 Å². The van der Waals surface area contributed by atoms with Gasteiger partial charge in [0.2, 0.25) is 0 Å². The average molecular weight is 466 g/mol. The second-order valence-electron chi connectivity index (χ2n) is 7.34. The number of nitrogens with zero attached hydrogens (tertiary/aromatic N) is 7. The number of nitriles is 1. The first-order valence-corrected chi connectivity index (χ1v) is 11.1. The Morgan fingerprint density at radius 3 is 2.84 bits per heavy atom. The molecule has 0 bridgehead atoms. The zero-order valence-electron chi connectivity index (χ0n) is 16.8. The third-order valence-electron chi connectivity index (χ3n) is 5.48. The van der Waals surface area contributed by atoms with Gasteiger partial charge < -0.3 is 4.90 Å². The lowest BCUT2D eigenvalue weighted by Crippen LogP contribution is -2.62. The maximum absolute atomic E-state index is 13.6. The predicted octanol–water partition coefficient (Wildman–Crippen LogP) is 3.22. The number of fused-ring (bicyclic) bond motifs is 2. The van der Waals surface area contributed by atoms with E-state index in [4.69, 9.17) is 16.9 Å². The number of amides is 3. The zero-order chi connectivity index (χ0) is 22.4. The molecule has 4 heterocycles. The quantitative estimate of drug-likeness (QED) is 0.582. The molecule has 1 fully saturated rings. The molecule has 2 atom stereocenters. The Morgan fingerprint density at radius 2 is 2.06 bits per heavy atom. The molecule has 9 nitrogen and oxygen atoms in total. The molecule has 32 heavy (non-hydrogen) atoms. The topological polar surface area (TPSA) is 108 Å². The standard InChI is InChI=1S/C21H16ClN7O2S/c1-27-18-14(25-26-27)10-24-11-16(18)29-20(30)19-15(28(21(29)31)8-4-7-23)9-17(32-19)12-5-2-3-6-13(12)22/h2-3,5-6,9-11,15,19H,4,8H2,1H3. The molecule has 1 aromatic carbocycles. The van der Waals surface area contributed by atoms with E-state index in [0.717, 1.165) is 15.4 Å². The smallest absolute Gasteiger partial charge is 0.315 e. The minimum Gasteiger partial charge on any atom is -0.315 e. The number of rotatable bonds is 4. The molecule has 0 N–H and O–H groups in total. The molecule has 0 radical (unpaired) electrons. The van der Waals surface area contributed by atoms with Crippen LogP contribution in [0.25, 0.3) is 15.9 Å². The van der Waals surface area contributed by atoms with Crippen molar-refractivity contribution in [2.75, 3.05) is 11.4 Å². The number of carbonyl (C=O) groups is 2. The van der Waals surface area contributed by atoms with Gasteiger partial charge in [-0.1, -0.05) is 35.0 Å². The van der Waals surface area contributed by atoms with Crippen molar-refractivity contribution in [3.8, 4) is 6.07 Å². The number of benzene rings is 1. The van der Waals surface area contributed by atoms with Crippen LogP contribution in [0.2, 0.25) is 5.02 Å². The Hall–Kier alpha value is -3.42. The molecule has 1 saturated heterocycles. The summed E-state index contributed by atoms with van der Waals surface area (Å²) in [6, 6.07) is 8.49. The van der Waals surface area contributed by atoms with Gasteiger partial charge in [0.25, 0.3) is 5.91 Å². The fourth-order valence-corrected chi connectivity index (χ4v) is 5.69. The van der Waals surface area contributed by atoms with Gasteiger partial charge in [-0.05, 0) is 12.1 Å². The van der Waals surface area contributed by atoms with E-state index in [0.29, 0.717) is 21.7 Å². The third kappa shape index (κ3) is 3.13. The van der Waals surface area contributed by atoms with Gasteiger partial charge in [0.15, 0.2) is 0 Å². The van der Waals surface area contributed by atoms with Gasteiger partial charge in [0.05, 0.1) is 36.6 Å². The van der Waals surface area contributed by atoms with Gasteiger partial charge in [0.1, 0.15) is 16.3 Å². The average Bonchev–Trinajstić information content (AvgIpc) is 3.39. The van der Waals surface area contributed by atoms with E-state index >= 15 is 0 Å². The number of aromatic nitrogens is 4. The largest absolute Gasteiger partial charge is 0.332 e. The van der Waals surface area contributed by atoms with Gasteiger partial charge in [0, 0.05) is 29.1 Å². The zero-order valence-corrected chi connectivity index (χ0v) is 18.4. The van der Waals surface area contributed by atoms with Gasteiger partial charge in [-0.15, -0.1) is 16.9 Å². The molecule has 3 amide bonds. The maximum Gasteiger partial charge on any atom is 0.332 e. The SMILES string of the molecule is Cn1nnc2cncc(N3C(=O)C4SC(c5ccccc5Cl)=CC4N(CCC#N)C3=O)c21. The highest BCUT2D eigenvalue weighted by Gasteiger charge is 2.50. The molecule has 2 aromatic heterocycles. The number of halogens is 1. The molecule has 0 saturated carbocycles. The van der Waals surface area contributed by atoms with Crippen molar-refractivity contribution < 1.29 is 9.59 Å². The first kappa shape index (κ1) is 20.5. The van der Waals surface area contributed by atoms with Crippen LogP contribution in [0.3, 0.4) is 0 Å². The number of pyridine rings is 1. The number of anilines is 1. The molecule has 3 aromatic rings. The number of imide groups is 1. The first-order chi connectivity index (χ1) is 15.5. The Kier molecular flexibility index (Phi) is 5.07. The van der Waals surface area contributed by atoms with E-state index in [1.54, 1.807) is 18.0 Å². The molecular weight excluding hydrogens is 450 g/mol. The fraction of sp³-hybridized carbons (Fsp3) is 0.238. The monoisotopic (exact) mass is 465 g/mol.